The number of benzene rings is 2. The number of fused-ring (bicyclic) bond motifs is 1. The predicted molar refractivity (Wildman–Crippen MR) is 95.2 cm³/mol. The van der Waals surface area contributed by atoms with Crippen LogP contribution in [0.4, 0.5) is 5.69 Å². The standard InChI is InChI=1S/C17H22N2O2S/c1-3-20-16(21-4-2)12-18-17(22)19-15-11-7-9-13-8-5-6-10-14(13)15/h5-11,16H,3-4,12H2,1-2H3,(H2,18,19,22). The van der Waals surface area contributed by atoms with Crippen LogP contribution in [0.2, 0.25) is 0 Å². The lowest BCUT2D eigenvalue weighted by Gasteiger charge is -2.19. The molecular formula is C17H22N2O2S. The lowest BCUT2D eigenvalue weighted by molar-refractivity contribution is -0.130. The van der Waals surface area contributed by atoms with Crippen molar-refractivity contribution >= 4 is 33.8 Å². The second-order valence-electron chi connectivity index (χ2n) is 4.70. The molecule has 0 saturated carbocycles. The van der Waals surface area contributed by atoms with E-state index in [-0.39, 0.29) is 6.29 Å². The van der Waals surface area contributed by atoms with Crippen LogP contribution in [0.5, 0.6) is 0 Å². The third kappa shape index (κ3) is 4.66. The molecular weight excluding hydrogens is 296 g/mol. The minimum atomic E-state index is -0.290. The molecule has 0 aliphatic carbocycles. The summed E-state index contributed by atoms with van der Waals surface area (Å²) < 4.78 is 11.0. The molecule has 118 valence electrons. The Labute approximate surface area is 136 Å². The lowest BCUT2D eigenvalue weighted by atomic mass is 10.1. The number of nitrogens with one attached hydrogen (secondary N) is 2. The van der Waals surface area contributed by atoms with E-state index in [1.165, 1.54) is 5.39 Å². The summed E-state index contributed by atoms with van der Waals surface area (Å²) in [5, 5.41) is 9.24. The Balaban J connectivity index is 1.96. The zero-order valence-corrected chi connectivity index (χ0v) is 13.8. The second kappa shape index (κ2) is 8.68. The Morgan fingerprint density at radius 2 is 1.73 bits per heavy atom. The van der Waals surface area contributed by atoms with E-state index in [2.05, 4.69) is 28.8 Å². The van der Waals surface area contributed by atoms with Gasteiger partial charge in [-0.1, -0.05) is 36.4 Å². The number of ether oxygens (including phenoxy) is 2. The number of hydrogen-bond donors (Lipinski definition) is 2. The van der Waals surface area contributed by atoms with E-state index in [0.717, 1.165) is 11.1 Å². The van der Waals surface area contributed by atoms with Crippen LogP contribution in [0.1, 0.15) is 13.8 Å². The van der Waals surface area contributed by atoms with Crippen LogP contribution in [0.15, 0.2) is 42.5 Å². The summed E-state index contributed by atoms with van der Waals surface area (Å²) in [4.78, 5) is 0. The second-order valence-corrected chi connectivity index (χ2v) is 5.11. The first-order valence-corrected chi connectivity index (χ1v) is 7.91. The van der Waals surface area contributed by atoms with E-state index < -0.39 is 0 Å². The summed E-state index contributed by atoms with van der Waals surface area (Å²) >= 11 is 5.35. The molecule has 2 aromatic rings. The first-order valence-electron chi connectivity index (χ1n) is 7.50. The van der Waals surface area contributed by atoms with Crippen molar-refractivity contribution < 1.29 is 9.47 Å². The van der Waals surface area contributed by atoms with Gasteiger partial charge in [-0.3, -0.25) is 0 Å². The lowest BCUT2D eigenvalue weighted by Crippen LogP contribution is -2.37. The van der Waals surface area contributed by atoms with Crippen LogP contribution in [0, 0.1) is 0 Å². The average molecular weight is 318 g/mol. The van der Waals surface area contributed by atoms with Crippen LogP contribution in [-0.4, -0.2) is 31.2 Å². The maximum absolute atomic E-state index is 5.48. The molecule has 0 radical (unpaired) electrons. The van der Waals surface area contributed by atoms with Gasteiger partial charge in [0, 0.05) is 24.3 Å². The van der Waals surface area contributed by atoms with E-state index in [4.69, 9.17) is 21.7 Å². The van der Waals surface area contributed by atoms with E-state index in [9.17, 15) is 0 Å². The largest absolute Gasteiger partial charge is 0.357 e. The first-order chi connectivity index (χ1) is 10.7. The average Bonchev–Trinajstić information content (AvgIpc) is 2.53. The third-order valence-corrected chi connectivity index (χ3v) is 3.42. The van der Waals surface area contributed by atoms with E-state index >= 15 is 0 Å². The minimum absolute atomic E-state index is 0.290. The van der Waals surface area contributed by atoms with Gasteiger partial charge in [0.2, 0.25) is 0 Å². The van der Waals surface area contributed by atoms with Gasteiger partial charge >= 0.3 is 0 Å². The Hall–Kier alpha value is -1.69. The van der Waals surface area contributed by atoms with Gasteiger partial charge in [-0.2, -0.15) is 0 Å². The number of thiocarbonyl (C=S) groups is 1. The van der Waals surface area contributed by atoms with Crippen molar-refractivity contribution in [3.63, 3.8) is 0 Å². The molecule has 2 N–H and O–H groups in total. The molecule has 0 unspecified atom stereocenters. The van der Waals surface area contributed by atoms with Crippen molar-refractivity contribution in [1.82, 2.24) is 5.32 Å². The topological polar surface area (TPSA) is 42.5 Å². The van der Waals surface area contributed by atoms with Gasteiger partial charge in [0.25, 0.3) is 0 Å². The number of rotatable bonds is 7. The molecule has 0 amide bonds. The van der Waals surface area contributed by atoms with Gasteiger partial charge in [-0.25, -0.2) is 0 Å². The summed E-state index contributed by atoms with van der Waals surface area (Å²) in [6.07, 6.45) is -0.290. The van der Waals surface area contributed by atoms with E-state index in [1.807, 2.05) is 38.1 Å². The quantitative estimate of drug-likeness (QED) is 0.604. The van der Waals surface area contributed by atoms with Crippen LogP contribution < -0.4 is 10.6 Å². The Bertz CT molecular complexity index is 607. The highest BCUT2D eigenvalue weighted by Crippen LogP contribution is 2.22. The molecule has 0 aliphatic rings. The smallest absolute Gasteiger partial charge is 0.174 e. The molecule has 0 fully saturated rings. The Morgan fingerprint density at radius 3 is 2.45 bits per heavy atom. The molecule has 0 bridgehead atoms. The summed E-state index contributed by atoms with van der Waals surface area (Å²) in [7, 11) is 0. The zero-order valence-electron chi connectivity index (χ0n) is 13.0. The summed E-state index contributed by atoms with van der Waals surface area (Å²) in [6, 6.07) is 14.3. The van der Waals surface area contributed by atoms with Gasteiger partial charge in [0.1, 0.15) is 0 Å². The fraction of sp³-hybridized carbons (Fsp3) is 0.353. The van der Waals surface area contributed by atoms with Crippen molar-refractivity contribution in [2.24, 2.45) is 0 Å². The highest BCUT2D eigenvalue weighted by atomic mass is 32.1. The van der Waals surface area contributed by atoms with Crippen molar-refractivity contribution in [3.8, 4) is 0 Å². The molecule has 0 heterocycles. The van der Waals surface area contributed by atoms with Gasteiger partial charge in [-0.15, -0.1) is 0 Å². The molecule has 0 aromatic heterocycles. The van der Waals surface area contributed by atoms with Crippen LogP contribution in [-0.2, 0) is 9.47 Å². The number of anilines is 1. The molecule has 22 heavy (non-hydrogen) atoms. The normalized spacial score (nSPS) is 10.9. The highest BCUT2D eigenvalue weighted by molar-refractivity contribution is 7.80. The Morgan fingerprint density at radius 1 is 1.05 bits per heavy atom. The fourth-order valence-corrected chi connectivity index (χ4v) is 2.41. The van der Waals surface area contributed by atoms with Gasteiger partial charge in [-0.05, 0) is 37.5 Å². The van der Waals surface area contributed by atoms with Crippen LogP contribution in [0.25, 0.3) is 10.8 Å². The molecule has 0 spiro atoms. The molecule has 4 nitrogen and oxygen atoms in total. The molecule has 2 rings (SSSR count). The predicted octanol–water partition coefficient (Wildman–Crippen LogP) is 3.53. The van der Waals surface area contributed by atoms with Crippen molar-refractivity contribution in [2.75, 3.05) is 25.1 Å². The highest BCUT2D eigenvalue weighted by Gasteiger charge is 2.09. The van der Waals surface area contributed by atoms with Crippen molar-refractivity contribution in [3.05, 3.63) is 42.5 Å². The molecule has 0 saturated heterocycles. The SMILES string of the molecule is CCOC(CNC(=S)Nc1cccc2ccccc12)OCC. The van der Waals surface area contributed by atoms with Crippen molar-refractivity contribution in [2.45, 2.75) is 20.1 Å². The summed E-state index contributed by atoms with van der Waals surface area (Å²) in [6.45, 7) is 5.61. The van der Waals surface area contributed by atoms with Gasteiger partial charge in [0.05, 0.1) is 6.54 Å². The number of hydrogen-bond acceptors (Lipinski definition) is 3. The van der Waals surface area contributed by atoms with Crippen molar-refractivity contribution in [1.29, 1.82) is 0 Å². The van der Waals surface area contributed by atoms with Gasteiger partial charge < -0.3 is 20.1 Å². The van der Waals surface area contributed by atoms with Crippen LogP contribution >= 0.6 is 12.2 Å². The maximum Gasteiger partial charge on any atom is 0.174 e. The maximum atomic E-state index is 5.48. The Kier molecular flexibility index (Phi) is 6.58. The first kappa shape index (κ1) is 16.7. The van der Waals surface area contributed by atoms with E-state index in [1.54, 1.807) is 0 Å². The molecule has 0 aliphatic heterocycles. The van der Waals surface area contributed by atoms with Gasteiger partial charge in [0.15, 0.2) is 11.4 Å². The van der Waals surface area contributed by atoms with Crippen LogP contribution in [0.3, 0.4) is 0 Å². The fourth-order valence-electron chi connectivity index (χ4n) is 2.21. The minimum Gasteiger partial charge on any atom is -0.357 e. The molecule has 0 atom stereocenters. The summed E-state index contributed by atoms with van der Waals surface area (Å²) in [5.74, 6) is 0. The molecule has 5 heteroatoms. The molecule has 2 aromatic carbocycles. The zero-order chi connectivity index (χ0) is 15.8. The third-order valence-electron chi connectivity index (χ3n) is 3.17. The van der Waals surface area contributed by atoms with E-state index in [0.29, 0.717) is 24.9 Å². The summed E-state index contributed by atoms with van der Waals surface area (Å²) in [5.41, 5.74) is 0.986. The monoisotopic (exact) mass is 318 g/mol.